The van der Waals surface area contributed by atoms with Crippen molar-refractivity contribution < 1.29 is 0 Å². The zero-order chi connectivity index (χ0) is 9.97. The normalized spacial score (nSPS) is 16.9. The van der Waals surface area contributed by atoms with Crippen LogP contribution in [-0.4, -0.2) is 12.6 Å². The fraction of sp³-hybridized carbons (Fsp3) is 0.500. The molecule has 1 atom stereocenters. The molecule has 1 nitrogen and oxygen atoms in total. The van der Waals surface area contributed by atoms with Crippen LogP contribution < -0.4 is 5.32 Å². The zero-order valence-corrected chi connectivity index (χ0v) is 10.4. The van der Waals surface area contributed by atoms with E-state index in [1.165, 1.54) is 18.4 Å². The SMILES string of the molecule is CC(CNC1CC1)c1ccc(Cl)cc1.Cl. The average Bonchev–Trinajstić information content (AvgIpc) is 2.99. The molecule has 0 heterocycles. The van der Waals surface area contributed by atoms with Crippen molar-refractivity contribution in [1.82, 2.24) is 5.32 Å². The Labute approximate surface area is 103 Å². The molecule has 1 N–H and O–H groups in total. The number of benzene rings is 1. The molecule has 2 rings (SSSR count). The van der Waals surface area contributed by atoms with Gasteiger partial charge in [0.05, 0.1) is 0 Å². The van der Waals surface area contributed by atoms with Crippen LogP contribution in [0, 0.1) is 0 Å². The first-order valence-corrected chi connectivity index (χ1v) is 5.62. The van der Waals surface area contributed by atoms with Crippen LogP contribution >= 0.6 is 24.0 Å². The monoisotopic (exact) mass is 245 g/mol. The predicted molar refractivity (Wildman–Crippen MR) is 68.1 cm³/mol. The molecule has 1 fully saturated rings. The Kier molecular flexibility index (Phi) is 4.91. The van der Waals surface area contributed by atoms with Gasteiger partial charge in [-0.2, -0.15) is 0 Å². The molecule has 1 aromatic carbocycles. The van der Waals surface area contributed by atoms with E-state index in [0.29, 0.717) is 5.92 Å². The molecule has 0 spiro atoms. The number of halogens is 2. The summed E-state index contributed by atoms with van der Waals surface area (Å²) in [5.74, 6) is 0.577. The van der Waals surface area contributed by atoms with Crippen molar-refractivity contribution in [3.8, 4) is 0 Å². The molecule has 3 heteroatoms. The molecule has 1 saturated carbocycles. The molecule has 0 amide bonds. The van der Waals surface area contributed by atoms with Gasteiger partial charge in [-0.05, 0) is 36.5 Å². The molecule has 0 aromatic heterocycles. The van der Waals surface area contributed by atoms with Gasteiger partial charge in [-0.1, -0.05) is 30.7 Å². The van der Waals surface area contributed by atoms with Crippen molar-refractivity contribution in [3.05, 3.63) is 34.9 Å². The van der Waals surface area contributed by atoms with Gasteiger partial charge >= 0.3 is 0 Å². The first-order valence-electron chi connectivity index (χ1n) is 5.24. The number of hydrogen-bond donors (Lipinski definition) is 1. The fourth-order valence-electron chi connectivity index (χ4n) is 1.54. The predicted octanol–water partition coefficient (Wildman–Crippen LogP) is 3.62. The molecule has 0 bridgehead atoms. The Balaban J connectivity index is 0.00000112. The molecule has 0 aliphatic heterocycles. The lowest BCUT2D eigenvalue weighted by atomic mass is 10.0. The fourth-order valence-corrected chi connectivity index (χ4v) is 1.67. The number of rotatable bonds is 4. The van der Waals surface area contributed by atoms with E-state index >= 15 is 0 Å². The molecule has 0 radical (unpaired) electrons. The molecule has 1 unspecified atom stereocenters. The van der Waals surface area contributed by atoms with E-state index in [-0.39, 0.29) is 12.4 Å². The highest BCUT2D eigenvalue weighted by molar-refractivity contribution is 6.30. The van der Waals surface area contributed by atoms with E-state index in [0.717, 1.165) is 17.6 Å². The maximum Gasteiger partial charge on any atom is 0.0406 e. The van der Waals surface area contributed by atoms with Gasteiger partial charge in [0, 0.05) is 17.6 Å². The van der Waals surface area contributed by atoms with Crippen LogP contribution in [0.3, 0.4) is 0 Å². The topological polar surface area (TPSA) is 12.0 Å². The van der Waals surface area contributed by atoms with Crippen molar-refractivity contribution in [2.45, 2.75) is 31.7 Å². The largest absolute Gasteiger partial charge is 0.313 e. The molecule has 15 heavy (non-hydrogen) atoms. The van der Waals surface area contributed by atoms with Crippen LogP contribution in [0.5, 0.6) is 0 Å². The van der Waals surface area contributed by atoms with Gasteiger partial charge in [-0.3, -0.25) is 0 Å². The van der Waals surface area contributed by atoms with Gasteiger partial charge in [0.2, 0.25) is 0 Å². The quantitative estimate of drug-likeness (QED) is 0.855. The maximum atomic E-state index is 5.84. The third kappa shape index (κ3) is 4.02. The summed E-state index contributed by atoms with van der Waals surface area (Å²) in [6.45, 7) is 3.32. The second kappa shape index (κ2) is 5.74. The molecule has 1 aliphatic carbocycles. The first-order chi connectivity index (χ1) is 6.75. The Morgan fingerprint density at radius 2 is 1.93 bits per heavy atom. The van der Waals surface area contributed by atoms with Crippen molar-refractivity contribution in [1.29, 1.82) is 0 Å². The lowest BCUT2D eigenvalue weighted by Gasteiger charge is -2.12. The van der Waals surface area contributed by atoms with Gasteiger partial charge in [0.15, 0.2) is 0 Å². The van der Waals surface area contributed by atoms with Gasteiger partial charge in [0.1, 0.15) is 0 Å². The summed E-state index contributed by atoms with van der Waals surface area (Å²) < 4.78 is 0. The van der Waals surface area contributed by atoms with E-state index in [9.17, 15) is 0 Å². The molecule has 84 valence electrons. The van der Waals surface area contributed by atoms with Crippen molar-refractivity contribution in [3.63, 3.8) is 0 Å². The summed E-state index contributed by atoms with van der Waals surface area (Å²) in [6.07, 6.45) is 2.71. The van der Waals surface area contributed by atoms with Gasteiger partial charge in [0.25, 0.3) is 0 Å². The highest BCUT2D eigenvalue weighted by Crippen LogP contribution is 2.21. The lowest BCUT2D eigenvalue weighted by Crippen LogP contribution is -2.21. The summed E-state index contributed by atoms with van der Waals surface area (Å²) in [5, 5.41) is 4.35. The Morgan fingerprint density at radius 1 is 1.33 bits per heavy atom. The van der Waals surface area contributed by atoms with Crippen molar-refractivity contribution in [2.24, 2.45) is 0 Å². The summed E-state index contributed by atoms with van der Waals surface area (Å²) in [5.41, 5.74) is 1.36. The molecule has 1 aliphatic rings. The van der Waals surface area contributed by atoms with E-state index in [4.69, 9.17) is 11.6 Å². The Hall–Kier alpha value is -0.240. The Morgan fingerprint density at radius 3 is 2.47 bits per heavy atom. The third-order valence-electron chi connectivity index (χ3n) is 2.73. The summed E-state index contributed by atoms with van der Waals surface area (Å²) >= 11 is 5.84. The molecule has 1 aromatic rings. The molecular formula is C12H17Cl2N. The summed E-state index contributed by atoms with van der Waals surface area (Å²) in [6, 6.07) is 8.95. The zero-order valence-electron chi connectivity index (χ0n) is 8.87. The van der Waals surface area contributed by atoms with E-state index in [1.807, 2.05) is 12.1 Å². The minimum atomic E-state index is 0. The summed E-state index contributed by atoms with van der Waals surface area (Å²) in [4.78, 5) is 0. The molecular weight excluding hydrogens is 229 g/mol. The van der Waals surface area contributed by atoms with Crippen LogP contribution in [0.15, 0.2) is 24.3 Å². The minimum Gasteiger partial charge on any atom is -0.313 e. The maximum absolute atomic E-state index is 5.84. The van der Waals surface area contributed by atoms with E-state index in [2.05, 4.69) is 24.4 Å². The minimum absolute atomic E-state index is 0. The van der Waals surface area contributed by atoms with Crippen LogP contribution in [0.25, 0.3) is 0 Å². The van der Waals surface area contributed by atoms with Gasteiger partial charge in [-0.25, -0.2) is 0 Å². The van der Waals surface area contributed by atoms with E-state index in [1.54, 1.807) is 0 Å². The van der Waals surface area contributed by atoms with Gasteiger partial charge < -0.3 is 5.32 Å². The first kappa shape index (κ1) is 12.8. The standard InChI is InChI=1S/C12H16ClN.ClH/c1-9(8-14-12-6-7-12)10-2-4-11(13)5-3-10;/h2-5,9,12,14H,6-8H2,1H3;1H. The van der Waals surface area contributed by atoms with Crippen molar-refractivity contribution >= 4 is 24.0 Å². The second-order valence-electron chi connectivity index (χ2n) is 4.14. The highest BCUT2D eigenvalue weighted by atomic mass is 35.5. The second-order valence-corrected chi connectivity index (χ2v) is 4.57. The third-order valence-corrected chi connectivity index (χ3v) is 2.98. The van der Waals surface area contributed by atoms with E-state index < -0.39 is 0 Å². The average molecular weight is 246 g/mol. The molecule has 0 saturated heterocycles. The van der Waals surface area contributed by atoms with Gasteiger partial charge in [-0.15, -0.1) is 12.4 Å². The number of nitrogens with one attached hydrogen (secondary N) is 1. The van der Waals surface area contributed by atoms with Crippen LogP contribution in [0.2, 0.25) is 5.02 Å². The van der Waals surface area contributed by atoms with Crippen molar-refractivity contribution in [2.75, 3.05) is 6.54 Å². The smallest absolute Gasteiger partial charge is 0.0406 e. The van der Waals surface area contributed by atoms with Crippen LogP contribution in [-0.2, 0) is 0 Å². The highest BCUT2D eigenvalue weighted by Gasteiger charge is 2.20. The summed E-state index contributed by atoms with van der Waals surface area (Å²) in [7, 11) is 0. The number of hydrogen-bond acceptors (Lipinski definition) is 1. The van der Waals surface area contributed by atoms with Crippen LogP contribution in [0.1, 0.15) is 31.2 Å². The Bertz CT molecular complexity index is 293. The lowest BCUT2D eigenvalue weighted by molar-refractivity contribution is 0.612. The van der Waals surface area contributed by atoms with Crippen LogP contribution in [0.4, 0.5) is 0 Å².